The van der Waals surface area contributed by atoms with Crippen molar-refractivity contribution in [1.29, 1.82) is 0 Å². The van der Waals surface area contributed by atoms with Crippen LogP contribution in [0.15, 0.2) is 141 Å². The van der Waals surface area contributed by atoms with Gasteiger partial charge in [-0.3, -0.25) is 9.69 Å². The average molecular weight is 616 g/mol. The zero-order chi connectivity index (χ0) is 32.7. The predicted octanol–water partition coefficient (Wildman–Crippen LogP) is 7.62. The molecule has 7 heteroatoms. The van der Waals surface area contributed by atoms with E-state index in [-0.39, 0.29) is 18.6 Å². The second-order valence-electron chi connectivity index (χ2n) is 11.0. The second kappa shape index (κ2) is 14.0. The molecule has 0 saturated heterocycles. The van der Waals surface area contributed by atoms with Gasteiger partial charge in [-0.05, 0) is 79.1 Å². The van der Waals surface area contributed by atoms with E-state index in [4.69, 9.17) is 18.9 Å². The van der Waals surface area contributed by atoms with Gasteiger partial charge in [0.2, 0.25) is 0 Å². The summed E-state index contributed by atoms with van der Waals surface area (Å²) in [5.41, 5.74) is 2.99. The van der Waals surface area contributed by atoms with Gasteiger partial charge < -0.3 is 18.9 Å². The highest BCUT2D eigenvalue weighted by atomic mass is 16.6. The van der Waals surface area contributed by atoms with Gasteiger partial charge in [-0.2, -0.15) is 0 Å². The van der Waals surface area contributed by atoms with Crippen LogP contribution in [0.4, 0.5) is 5.69 Å². The van der Waals surface area contributed by atoms with E-state index >= 15 is 0 Å². The van der Waals surface area contributed by atoms with E-state index in [9.17, 15) is 9.59 Å². The van der Waals surface area contributed by atoms with E-state index in [1.807, 2.05) is 115 Å². The first-order valence-electron chi connectivity index (χ1n) is 15.0. The van der Waals surface area contributed by atoms with E-state index in [0.29, 0.717) is 29.4 Å². The minimum Gasteiger partial charge on any atom is -0.490 e. The molecular weight excluding hydrogens is 578 g/mol. The molecular formula is C39H37NO6. The predicted molar refractivity (Wildman–Crippen MR) is 179 cm³/mol. The number of allylic oxidation sites excluding steroid dienone is 1. The van der Waals surface area contributed by atoms with Gasteiger partial charge in [-0.25, -0.2) is 4.79 Å². The Morgan fingerprint density at radius 2 is 1.26 bits per heavy atom. The fraction of sp³-hybridized carbons (Fsp3) is 0.179. The number of carbonyl (C=O) groups is 2. The molecule has 3 atom stereocenters. The van der Waals surface area contributed by atoms with Gasteiger partial charge in [-0.15, -0.1) is 0 Å². The Labute approximate surface area is 270 Å². The second-order valence-corrected chi connectivity index (χ2v) is 11.0. The molecule has 0 aliphatic carbocycles. The Kier molecular flexibility index (Phi) is 9.72. The molecule has 0 bridgehead atoms. The summed E-state index contributed by atoms with van der Waals surface area (Å²) in [5, 5.41) is 0. The first-order valence-corrected chi connectivity index (χ1v) is 15.0. The van der Waals surface area contributed by atoms with E-state index < -0.39 is 17.6 Å². The quantitative estimate of drug-likeness (QED) is 0.0629. The molecule has 1 heterocycles. The monoisotopic (exact) mass is 615 g/mol. The van der Waals surface area contributed by atoms with Crippen LogP contribution in [-0.4, -0.2) is 37.3 Å². The summed E-state index contributed by atoms with van der Waals surface area (Å²) in [4.78, 5) is 27.7. The number of hydrogen-bond donors (Lipinski definition) is 0. The van der Waals surface area contributed by atoms with Crippen molar-refractivity contribution in [1.82, 2.24) is 0 Å². The fourth-order valence-corrected chi connectivity index (χ4v) is 5.64. The standard InChI is InChI=1S/C39H37NO6/c1-6-27(3)45-28(4)25-43-33-21-17-30(18-22-33)39(31-19-23-34(24-20-31)44-26-29(5)46-37(41)7-2)36-16-12-11-15-35(36)38(42)40(39)32-13-9-8-10-14-32/h6-24,28-29H,1-3,25-26H2,4-5H3. The van der Waals surface area contributed by atoms with Crippen molar-refractivity contribution in [2.75, 3.05) is 18.1 Å². The summed E-state index contributed by atoms with van der Waals surface area (Å²) < 4.78 is 22.8. The van der Waals surface area contributed by atoms with Crippen molar-refractivity contribution >= 4 is 17.6 Å². The van der Waals surface area contributed by atoms with Crippen LogP contribution in [0.1, 0.15) is 40.9 Å². The highest BCUT2D eigenvalue weighted by molar-refractivity contribution is 6.13. The molecule has 0 spiro atoms. The summed E-state index contributed by atoms with van der Waals surface area (Å²) in [6, 6.07) is 32.8. The highest BCUT2D eigenvalue weighted by Crippen LogP contribution is 2.51. The Morgan fingerprint density at radius 3 is 1.80 bits per heavy atom. The number of hydrogen-bond acceptors (Lipinski definition) is 6. The third-order valence-electron chi connectivity index (χ3n) is 7.68. The SMILES string of the molecule is C=CC(=C)OC(C)COc1ccc(C2(c3ccc(OCC(C)OC(=O)C=C)cc3)c3ccccc3C(=O)N2c2ccccc2)cc1. The smallest absolute Gasteiger partial charge is 0.330 e. The number of carbonyl (C=O) groups excluding carboxylic acids is 2. The summed E-state index contributed by atoms with van der Waals surface area (Å²) in [6.07, 6.45) is 2.01. The number of amides is 1. The van der Waals surface area contributed by atoms with Crippen molar-refractivity contribution in [3.8, 4) is 11.5 Å². The molecule has 1 aliphatic heterocycles. The van der Waals surface area contributed by atoms with Gasteiger partial charge in [0.25, 0.3) is 5.91 Å². The Morgan fingerprint density at radius 1 is 0.739 bits per heavy atom. The maximum Gasteiger partial charge on any atom is 0.330 e. The normalized spacial score (nSPS) is 16.5. The van der Waals surface area contributed by atoms with Crippen LogP contribution in [0.3, 0.4) is 0 Å². The topological polar surface area (TPSA) is 74.3 Å². The third kappa shape index (κ3) is 6.44. The van der Waals surface area contributed by atoms with Gasteiger partial charge in [0.05, 0.1) is 0 Å². The van der Waals surface area contributed by atoms with E-state index in [1.165, 1.54) is 0 Å². The molecule has 0 saturated carbocycles. The van der Waals surface area contributed by atoms with Crippen LogP contribution in [0, 0.1) is 0 Å². The lowest BCUT2D eigenvalue weighted by molar-refractivity contribution is -0.143. The number of nitrogens with zero attached hydrogens (tertiary/aromatic N) is 1. The summed E-state index contributed by atoms with van der Waals surface area (Å²) in [7, 11) is 0. The zero-order valence-corrected chi connectivity index (χ0v) is 26.1. The summed E-state index contributed by atoms with van der Waals surface area (Å²) >= 11 is 0. The van der Waals surface area contributed by atoms with Gasteiger partial charge in [0, 0.05) is 17.3 Å². The molecule has 1 aliphatic rings. The van der Waals surface area contributed by atoms with Crippen molar-refractivity contribution in [3.63, 3.8) is 0 Å². The van der Waals surface area contributed by atoms with E-state index in [1.54, 1.807) is 13.0 Å². The van der Waals surface area contributed by atoms with E-state index in [0.717, 1.165) is 28.5 Å². The van der Waals surface area contributed by atoms with Crippen LogP contribution >= 0.6 is 0 Å². The minimum absolute atomic E-state index is 0.103. The molecule has 46 heavy (non-hydrogen) atoms. The van der Waals surface area contributed by atoms with Gasteiger partial charge >= 0.3 is 5.97 Å². The summed E-state index contributed by atoms with van der Waals surface area (Å²) in [6.45, 7) is 15.1. The first kappa shape index (κ1) is 31.9. The lowest BCUT2D eigenvalue weighted by Gasteiger charge is -2.40. The number of fused-ring (bicyclic) bond motifs is 1. The largest absolute Gasteiger partial charge is 0.490 e. The van der Waals surface area contributed by atoms with E-state index in [2.05, 4.69) is 19.7 Å². The third-order valence-corrected chi connectivity index (χ3v) is 7.68. The Hall–Kier alpha value is -5.56. The maximum atomic E-state index is 14.3. The van der Waals surface area contributed by atoms with Gasteiger partial charge in [-0.1, -0.05) is 80.4 Å². The summed E-state index contributed by atoms with van der Waals surface area (Å²) in [5.74, 6) is 1.15. The molecule has 5 rings (SSSR count). The number of benzene rings is 4. The molecule has 0 radical (unpaired) electrons. The molecule has 4 aromatic rings. The molecule has 0 aromatic heterocycles. The van der Waals surface area contributed by atoms with Gasteiger partial charge in [0.15, 0.2) is 0 Å². The molecule has 7 nitrogen and oxygen atoms in total. The molecule has 3 unspecified atom stereocenters. The average Bonchev–Trinajstić information content (AvgIpc) is 3.36. The molecule has 4 aromatic carbocycles. The van der Waals surface area contributed by atoms with Crippen LogP contribution in [0.25, 0.3) is 0 Å². The van der Waals surface area contributed by atoms with Crippen molar-refractivity contribution in [3.05, 3.63) is 163 Å². The lowest BCUT2D eigenvalue weighted by Crippen LogP contribution is -2.46. The molecule has 0 N–H and O–H groups in total. The highest BCUT2D eigenvalue weighted by Gasteiger charge is 2.52. The minimum atomic E-state index is -1.00. The number of rotatable bonds is 14. The van der Waals surface area contributed by atoms with Crippen LogP contribution in [0.2, 0.25) is 0 Å². The Balaban J connectivity index is 1.55. The van der Waals surface area contributed by atoms with Gasteiger partial charge in [0.1, 0.15) is 48.2 Å². The molecule has 0 fully saturated rings. The fourth-order valence-electron chi connectivity index (χ4n) is 5.64. The molecule has 1 amide bonds. The number of para-hydroxylation sites is 1. The maximum absolute atomic E-state index is 14.3. The number of anilines is 1. The van der Waals surface area contributed by atoms with Crippen molar-refractivity contribution < 1.29 is 28.5 Å². The van der Waals surface area contributed by atoms with Crippen LogP contribution in [0.5, 0.6) is 11.5 Å². The van der Waals surface area contributed by atoms with Crippen LogP contribution < -0.4 is 14.4 Å². The zero-order valence-electron chi connectivity index (χ0n) is 26.1. The number of ether oxygens (including phenoxy) is 4. The lowest BCUT2D eigenvalue weighted by atomic mass is 9.76. The Bertz CT molecular complexity index is 1640. The van der Waals surface area contributed by atoms with Crippen LogP contribution in [-0.2, 0) is 19.8 Å². The molecule has 234 valence electrons. The van der Waals surface area contributed by atoms with Crippen molar-refractivity contribution in [2.45, 2.75) is 31.6 Å². The van der Waals surface area contributed by atoms with Crippen molar-refractivity contribution in [2.24, 2.45) is 0 Å². The first-order chi connectivity index (χ1) is 22.3. The number of esters is 1.